The monoisotopic (exact) mass is 658 g/mol. The fraction of sp³-hybridized carbons (Fsp3) is 0.0833. The van der Waals surface area contributed by atoms with Crippen molar-refractivity contribution in [1.82, 2.24) is 0 Å². The summed E-state index contributed by atoms with van der Waals surface area (Å²) in [5.41, 5.74) is 14.5. The summed E-state index contributed by atoms with van der Waals surface area (Å²) in [5, 5.41) is 5.40. The molecule has 0 saturated carbocycles. The Morgan fingerprint density at radius 1 is 0.420 bits per heavy atom. The molecular weight excluding hydrogens is 628 g/mol. The lowest BCUT2D eigenvalue weighted by molar-refractivity contribution is 0.447. The molecule has 0 radical (unpaired) electrons. The molecule has 1 heterocycles. The Hall–Kier alpha value is -5.63. The average Bonchev–Trinajstić information content (AvgIpc) is 3.56. The smallest absolute Gasteiger partial charge is 0.140 e. The van der Waals surface area contributed by atoms with Gasteiger partial charge in [-0.05, 0) is 90.7 Å². The van der Waals surface area contributed by atoms with Crippen LogP contribution in [0.4, 0.5) is 0 Å². The molecule has 50 heavy (non-hydrogen) atoms. The lowest BCUT2D eigenvalue weighted by Crippen LogP contribution is -2.32. The van der Waals surface area contributed by atoms with Crippen LogP contribution in [-0.2, 0) is 10.8 Å². The first-order chi connectivity index (χ1) is 24.4. The van der Waals surface area contributed by atoms with Crippen LogP contribution in [0.2, 0.25) is 5.02 Å². The number of rotatable bonds is 1. The Labute approximate surface area is 296 Å². The van der Waals surface area contributed by atoms with Gasteiger partial charge in [0.05, 0.1) is 5.41 Å². The highest BCUT2D eigenvalue weighted by atomic mass is 35.5. The summed E-state index contributed by atoms with van der Waals surface area (Å²) in [6, 6.07) is 55.8. The molecule has 2 aliphatic carbocycles. The van der Waals surface area contributed by atoms with Gasteiger partial charge in [-0.15, -0.1) is 0 Å². The molecule has 0 unspecified atom stereocenters. The number of hydrogen-bond donors (Lipinski definition) is 0. The number of halogens is 1. The van der Waals surface area contributed by atoms with Gasteiger partial charge in [0, 0.05) is 32.3 Å². The Morgan fingerprint density at radius 3 is 1.66 bits per heavy atom. The minimum absolute atomic E-state index is 0.139. The van der Waals surface area contributed by atoms with Crippen molar-refractivity contribution in [3.05, 3.63) is 190 Å². The molecule has 1 nitrogen and oxygen atoms in total. The second-order valence-corrected chi connectivity index (χ2v) is 15.0. The van der Waals surface area contributed by atoms with Crippen LogP contribution in [0.3, 0.4) is 0 Å². The van der Waals surface area contributed by atoms with Crippen LogP contribution in [0.1, 0.15) is 47.2 Å². The van der Waals surface area contributed by atoms with Crippen molar-refractivity contribution in [3.8, 4) is 44.9 Å². The Kier molecular flexibility index (Phi) is 5.50. The molecular formula is C48H31ClO. The van der Waals surface area contributed by atoms with Crippen LogP contribution in [0.5, 0.6) is 11.5 Å². The van der Waals surface area contributed by atoms with Crippen LogP contribution >= 0.6 is 11.6 Å². The van der Waals surface area contributed by atoms with Crippen LogP contribution in [0, 0.1) is 0 Å². The van der Waals surface area contributed by atoms with Crippen molar-refractivity contribution < 1.29 is 4.74 Å². The molecule has 0 amide bonds. The second-order valence-electron chi connectivity index (χ2n) is 14.6. The lowest BCUT2D eigenvalue weighted by atomic mass is 9.65. The van der Waals surface area contributed by atoms with Crippen LogP contribution in [0.15, 0.2) is 152 Å². The molecule has 1 spiro atoms. The molecule has 0 aromatic heterocycles. The molecule has 0 saturated heterocycles. The lowest BCUT2D eigenvalue weighted by Gasteiger charge is -2.40. The molecule has 8 aromatic carbocycles. The third-order valence-corrected chi connectivity index (χ3v) is 12.0. The molecule has 0 atom stereocenters. The maximum atomic E-state index is 7.10. The zero-order valence-electron chi connectivity index (χ0n) is 27.7. The van der Waals surface area contributed by atoms with Gasteiger partial charge in [0.25, 0.3) is 0 Å². The molecule has 2 heteroatoms. The van der Waals surface area contributed by atoms with E-state index in [9.17, 15) is 0 Å². The van der Waals surface area contributed by atoms with Gasteiger partial charge in [0.2, 0.25) is 0 Å². The van der Waals surface area contributed by atoms with Crippen molar-refractivity contribution in [2.45, 2.75) is 24.7 Å². The van der Waals surface area contributed by atoms with E-state index >= 15 is 0 Å². The summed E-state index contributed by atoms with van der Waals surface area (Å²) in [5.74, 6) is 1.89. The fourth-order valence-electron chi connectivity index (χ4n) is 9.48. The Bertz CT molecular complexity index is 2700. The van der Waals surface area contributed by atoms with Gasteiger partial charge in [0.15, 0.2) is 0 Å². The zero-order chi connectivity index (χ0) is 33.4. The van der Waals surface area contributed by atoms with E-state index in [0.717, 1.165) is 27.3 Å². The molecule has 0 N–H and O–H groups in total. The maximum Gasteiger partial charge on any atom is 0.140 e. The van der Waals surface area contributed by atoms with E-state index < -0.39 is 5.41 Å². The molecule has 11 rings (SSSR count). The number of hydrogen-bond acceptors (Lipinski definition) is 1. The van der Waals surface area contributed by atoms with Gasteiger partial charge in [-0.1, -0.05) is 153 Å². The zero-order valence-corrected chi connectivity index (χ0v) is 28.5. The van der Waals surface area contributed by atoms with Crippen molar-refractivity contribution in [2.24, 2.45) is 0 Å². The highest BCUT2D eigenvalue weighted by Gasteiger charge is 2.52. The second kappa shape index (κ2) is 9.75. The summed E-state index contributed by atoms with van der Waals surface area (Å²) in [6.45, 7) is 4.63. The molecule has 0 bridgehead atoms. The predicted molar refractivity (Wildman–Crippen MR) is 207 cm³/mol. The van der Waals surface area contributed by atoms with E-state index in [1.54, 1.807) is 0 Å². The SMILES string of the molecule is CC1(C)c2cc(Cl)ccc2-c2ccc(-c3ccc4c(c3)-c3ccccc3C43c4ccc5ccccc5c4Oc4c3ccc3ccccc43)cc21. The normalized spacial score (nSPS) is 15.2. The van der Waals surface area contributed by atoms with E-state index in [0.29, 0.717) is 0 Å². The van der Waals surface area contributed by atoms with Gasteiger partial charge in [-0.3, -0.25) is 0 Å². The number of benzene rings is 8. The topological polar surface area (TPSA) is 9.23 Å². The van der Waals surface area contributed by atoms with Crippen molar-refractivity contribution in [3.63, 3.8) is 0 Å². The number of ether oxygens (including phenoxy) is 1. The highest BCUT2D eigenvalue weighted by Crippen LogP contribution is 2.64. The Morgan fingerprint density at radius 2 is 0.940 bits per heavy atom. The van der Waals surface area contributed by atoms with E-state index in [1.807, 2.05) is 6.07 Å². The van der Waals surface area contributed by atoms with Gasteiger partial charge in [-0.25, -0.2) is 0 Å². The molecule has 236 valence electrons. The quantitative estimate of drug-likeness (QED) is 0.170. The van der Waals surface area contributed by atoms with Gasteiger partial charge >= 0.3 is 0 Å². The Balaban J connectivity index is 1.18. The van der Waals surface area contributed by atoms with Crippen molar-refractivity contribution >= 4 is 33.1 Å². The van der Waals surface area contributed by atoms with Crippen molar-refractivity contribution in [2.75, 3.05) is 0 Å². The third kappa shape index (κ3) is 3.48. The summed E-state index contributed by atoms with van der Waals surface area (Å²) in [7, 11) is 0. The van der Waals surface area contributed by atoms with Crippen LogP contribution in [-0.4, -0.2) is 0 Å². The van der Waals surface area contributed by atoms with Gasteiger partial charge in [0.1, 0.15) is 11.5 Å². The molecule has 3 aliphatic rings. The minimum atomic E-state index is -0.539. The summed E-state index contributed by atoms with van der Waals surface area (Å²) < 4.78 is 7.10. The van der Waals surface area contributed by atoms with Gasteiger partial charge < -0.3 is 4.74 Å². The first-order valence-corrected chi connectivity index (χ1v) is 17.7. The summed E-state index contributed by atoms with van der Waals surface area (Å²) in [4.78, 5) is 0. The molecule has 8 aromatic rings. The molecule has 0 fully saturated rings. The van der Waals surface area contributed by atoms with Crippen molar-refractivity contribution in [1.29, 1.82) is 0 Å². The average molecular weight is 659 g/mol. The van der Waals surface area contributed by atoms with E-state index in [1.165, 1.54) is 77.5 Å². The minimum Gasteiger partial charge on any atom is -0.455 e. The first-order valence-electron chi connectivity index (χ1n) is 17.4. The predicted octanol–water partition coefficient (Wildman–Crippen LogP) is 13.1. The van der Waals surface area contributed by atoms with Gasteiger partial charge in [-0.2, -0.15) is 0 Å². The van der Waals surface area contributed by atoms with E-state index in [2.05, 4.69) is 159 Å². The van der Waals surface area contributed by atoms with E-state index in [4.69, 9.17) is 16.3 Å². The van der Waals surface area contributed by atoms with Crippen LogP contribution < -0.4 is 4.74 Å². The molecule has 1 aliphatic heterocycles. The maximum absolute atomic E-state index is 7.10. The standard InChI is InChI=1S/C48H31ClO/c1-47(2)43-26-31(15-20-36(43)37-21-19-32(49)27-44(37)47)30-18-22-40-38(25-30)35-13-7-8-14-39(35)48(40)41-23-16-28-9-3-5-11-33(28)45(41)50-46-34-12-6-4-10-29(34)17-24-42(46)48/h3-27H,1-2H3. The largest absolute Gasteiger partial charge is 0.455 e. The summed E-state index contributed by atoms with van der Waals surface area (Å²) in [6.07, 6.45) is 0. The summed E-state index contributed by atoms with van der Waals surface area (Å²) >= 11 is 6.49. The van der Waals surface area contributed by atoms with Crippen LogP contribution in [0.25, 0.3) is 54.9 Å². The highest BCUT2D eigenvalue weighted by molar-refractivity contribution is 6.30. The first kappa shape index (κ1) is 28.2. The third-order valence-electron chi connectivity index (χ3n) is 11.8. The number of fused-ring (bicyclic) bond motifs is 16. The van der Waals surface area contributed by atoms with E-state index in [-0.39, 0.29) is 5.41 Å². The fourth-order valence-corrected chi connectivity index (χ4v) is 9.65.